The van der Waals surface area contributed by atoms with Gasteiger partial charge in [0.25, 0.3) is 0 Å². The van der Waals surface area contributed by atoms with Crippen molar-refractivity contribution < 1.29 is 4.39 Å². The third-order valence-electron chi connectivity index (χ3n) is 2.52. The molecule has 1 aromatic carbocycles. The van der Waals surface area contributed by atoms with Crippen LogP contribution in [-0.4, -0.2) is 11.5 Å². The third-order valence-corrected chi connectivity index (χ3v) is 3.02. The SMILES string of the molecule is CCCNc1cc(Nc2cc(Br)ccc2F)ccn1. The minimum atomic E-state index is -0.289. The van der Waals surface area contributed by atoms with E-state index in [1.54, 1.807) is 24.4 Å². The van der Waals surface area contributed by atoms with E-state index in [1.165, 1.54) is 6.07 Å². The molecule has 0 fully saturated rings. The summed E-state index contributed by atoms with van der Waals surface area (Å²) in [5.74, 6) is 0.491. The van der Waals surface area contributed by atoms with Crippen LogP contribution in [-0.2, 0) is 0 Å². The molecule has 1 heterocycles. The van der Waals surface area contributed by atoms with Crippen molar-refractivity contribution in [1.82, 2.24) is 4.98 Å². The number of nitrogens with one attached hydrogen (secondary N) is 2. The largest absolute Gasteiger partial charge is 0.370 e. The van der Waals surface area contributed by atoms with Gasteiger partial charge in [0.2, 0.25) is 0 Å². The molecule has 0 saturated carbocycles. The standard InChI is InChI=1S/C14H15BrFN3/c1-2-6-17-14-9-11(5-7-18-14)19-13-8-10(15)3-4-12(13)16/h3-5,7-9H,2,6H2,1H3,(H2,17,18,19). The number of anilines is 3. The molecule has 0 atom stereocenters. The zero-order valence-corrected chi connectivity index (χ0v) is 12.2. The molecule has 2 aromatic rings. The fourth-order valence-electron chi connectivity index (χ4n) is 1.61. The summed E-state index contributed by atoms with van der Waals surface area (Å²) in [6.45, 7) is 2.95. The molecule has 0 aliphatic heterocycles. The second-order valence-corrected chi connectivity index (χ2v) is 5.02. The minimum Gasteiger partial charge on any atom is -0.370 e. The molecule has 0 spiro atoms. The van der Waals surface area contributed by atoms with Crippen molar-refractivity contribution in [2.45, 2.75) is 13.3 Å². The van der Waals surface area contributed by atoms with Crippen LogP contribution in [0.5, 0.6) is 0 Å². The number of aromatic nitrogens is 1. The summed E-state index contributed by atoms with van der Waals surface area (Å²) in [4.78, 5) is 4.20. The average Bonchev–Trinajstić information content (AvgIpc) is 2.41. The second-order valence-electron chi connectivity index (χ2n) is 4.11. The Hall–Kier alpha value is -1.62. The van der Waals surface area contributed by atoms with Gasteiger partial charge in [0, 0.05) is 29.0 Å². The van der Waals surface area contributed by atoms with E-state index < -0.39 is 0 Å². The maximum absolute atomic E-state index is 13.6. The van der Waals surface area contributed by atoms with Crippen LogP contribution in [0.3, 0.4) is 0 Å². The first-order valence-corrected chi connectivity index (χ1v) is 6.90. The topological polar surface area (TPSA) is 37.0 Å². The van der Waals surface area contributed by atoms with Crippen molar-refractivity contribution in [3.63, 3.8) is 0 Å². The molecule has 0 amide bonds. The van der Waals surface area contributed by atoms with Crippen LogP contribution in [0.2, 0.25) is 0 Å². The third kappa shape index (κ3) is 3.92. The Labute approximate surface area is 120 Å². The molecular weight excluding hydrogens is 309 g/mol. The first kappa shape index (κ1) is 13.8. The van der Waals surface area contributed by atoms with Gasteiger partial charge >= 0.3 is 0 Å². The van der Waals surface area contributed by atoms with Crippen molar-refractivity contribution in [3.05, 3.63) is 46.8 Å². The second kappa shape index (κ2) is 6.52. The van der Waals surface area contributed by atoms with Crippen LogP contribution in [0.1, 0.15) is 13.3 Å². The highest BCUT2D eigenvalue weighted by Crippen LogP contribution is 2.24. The number of hydrogen-bond acceptors (Lipinski definition) is 3. The van der Waals surface area contributed by atoms with E-state index in [9.17, 15) is 4.39 Å². The number of nitrogens with zero attached hydrogens (tertiary/aromatic N) is 1. The van der Waals surface area contributed by atoms with Gasteiger partial charge in [-0.1, -0.05) is 22.9 Å². The zero-order chi connectivity index (χ0) is 13.7. The Kier molecular flexibility index (Phi) is 4.74. The van der Waals surface area contributed by atoms with E-state index in [0.29, 0.717) is 5.69 Å². The average molecular weight is 324 g/mol. The van der Waals surface area contributed by atoms with Gasteiger partial charge in [0.05, 0.1) is 5.69 Å². The summed E-state index contributed by atoms with van der Waals surface area (Å²) in [7, 11) is 0. The summed E-state index contributed by atoms with van der Waals surface area (Å²) >= 11 is 3.33. The van der Waals surface area contributed by atoms with E-state index in [0.717, 1.165) is 28.9 Å². The van der Waals surface area contributed by atoms with Gasteiger partial charge in [-0.05, 0) is 30.7 Å². The van der Waals surface area contributed by atoms with E-state index in [4.69, 9.17) is 0 Å². The predicted octanol–water partition coefficient (Wildman–Crippen LogP) is 4.55. The fourth-order valence-corrected chi connectivity index (χ4v) is 1.97. The lowest BCUT2D eigenvalue weighted by Gasteiger charge is -2.10. The molecule has 19 heavy (non-hydrogen) atoms. The summed E-state index contributed by atoms with van der Waals surface area (Å²) < 4.78 is 14.5. The fraction of sp³-hybridized carbons (Fsp3) is 0.214. The van der Waals surface area contributed by atoms with E-state index in [-0.39, 0.29) is 5.82 Å². The van der Waals surface area contributed by atoms with Gasteiger partial charge in [0.1, 0.15) is 11.6 Å². The highest BCUT2D eigenvalue weighted by Gasteiger charge is 2.04. The quantitative estimate of drug-likeness (QED) is 0.847. The van der Waals surface area contributed by atoms with Crippen LogP contribution >= 0.6 is 15.9 Å². The lowest BCUT2D eigenvalue weighted by molar-refractivity contribution is 0.631. The van der Waals surface area contributed by atoms with Crippen LogP contribution < -0.4 is 10.6 Å². The molecule has 5 heteroatoms. The van der Waals surface area contributed by atoms with Crippen LogP contribution in [0.15, 0.2) is 41.0 Å². The first-order valence-electron chi connectivity index (χ1n) is 6.11. The Morgan fingerprint density at radius 1 is 1.26 bits per heavy atom. The molecule has 0 unspecified atom stereocenters. The monoisotopic (exact) mass is 323 g/mol. The van der Waals surface area contributed by atoms with Gasteiger partial charge in [0.15, 0.2) is 0 Å². The number of benzene rings is 1. The maximum Gasteiger partial charge on any atom is 0.146 e. The smallest absolute Gasteiger partial charge is 0.146 e. The highest BCUT2D eigenvalue weighted by atomic mass is 79.9. The zero-order valence-electron chi connectivity index (χ0n) is 10.6. The summed E-state index contributed by atoms with van der Waals surface area (Å²) in [6, 6.07) is 8.45. The van der Waals surface area contributed by atoms with Crippen molar-refractivity contribution >= 4 is 33.1 Å². The molecule has 0 aliphatic rings. The molecule has 1 aromatic heterocycles. The molecular formula is C14H15BrFN3. The Morgan fingerprint density at radius 2 is 2.11 bits per heavy atom. The lowest BCUT2D eigenvalue weighted by atomic mass is 10.3. The van der Waals surface area contributed by atoms with Crippen molar-refractivity contribution in [3.8, 4) is 0 Å². The van der Waals surface area contributed by atoms with Crippen molar-refractivity contribution in [2.75, 3.05) is 17.2 Å². The van der Waals surface area contributed by atoms with Crippen molar-refractivity contribution in [2.24, 2.45) is 0 Å². The molecule has 0 bridgehead atoms. The van der Waals surface area contributed by atoms with E-state index in [1.807, 2.05) is 6.07 Å². The normalized spacial score (nSPS) is 10.3. The Bertz CT molecular complexity index is 560. The molecule has 0 aliphatic carbocycles. The molecule has 3 nitrogen and oxygen atoms in total. The maximum atomic E-state index is 13.6. The number of halogens is 2. The van der Waals surface area contributed by atoms with Crippen LogP contribution in [0, 0.1) is 5.82 Å². The summed E-state index contributed by atoms with van der Waals surface area (Å²) in [5, 5.41) is 6.24. The van der Waals surface area contributed by atoms with Crippen LogP contribution in [0.25, 0.3) is 0 Å². The Morgan fingerprint density at radius 3 is 2.89 bits per heavy atom. The van der Waals surface area contributed by atoms with Gasteiger partial charge in [-0.2, -0.15) is 0 Å². The van der Waals surface area contributed by atoms with Crippen LogP contribution in [0.4, 0.5) is 21.6 Å². The summed E-state index contributed by atoms with van der Waals surface area (Å²) in [5.41, 5.74) is 1.23. The van der Waals surface area contributed by atoms with Gasteiger partial charge in [-0.15, -0.1) is 0 Å². The predicted molar refractivity (Wildman–Crippen MR) is 80.4 cm³/mol. The minimum absolute atomic E-state index is 0.289. The highest BCUT2D eigenvalue weighted by molar-refractivity contribution is 9.10. The molecule has 2 rings (SSSR count). The van der Waals surface area contributed by atoms with Gasteiger partial charge in [-0.25, -0.2) is 9.37 Å². The van der Waals surface area contributed by atoms with Gasteiger partial charge < -0.3 is 10.6 Å². The number of pyridine rings is 1. The molecule has 0 saturated heterocycles. The number of rotatable bonds is 5. The number of hydrogen-bond donors (Lipinski definition) is 2. The molecule has 2 N–H and O–H groups in total. The van der Waals surface area contributed by atoms with E-state index in [2.05, 4.69) is 38.5 Å². The van der Waals surface area contributed by atoms with Gasteiger partial charge in [-0.3, -0.25) is 0 Å². The molecule has 0 radical (unpaired) electrons. The lowest BCUT2D eigenvalue weighted by Crippen LogP contribution is -2.02. The summed E-state index contributed by atoms with van der Waals surface area (Å²) in [6.07, 6.45) is 2.72. The first-order chi connectivity index (χ1) is 9.19. The van der Waals surface area contributed by atoms with Crippen molar-refractivity contribution in [1.29, 1.82) is 0 Å². The van der Waals surface area contributed by atoms with E-state index >= 15 is 0 Å². The Balaban J connectivity index is 2.16. The molecule has 100 valence electrons.